The Labute approximate surface area is 152 Å². The van der Waals surface area contributed by atoms with Crippen LogP contribution in [0.1, 0.15) is 34.6 Å². The van der Waals surface area contributed by atoms with Gasteiger partial charge in [0.1, 0.15) is 17.2 Å². The van der Waals surface area contributed by atoms with Gasteiger partial charge in [0.05, 0.1) is 26.4 Å². The van der Waals surface area contributed by atoms with Crippen LogP contribution in [-0.2, 0) is 4.74 Å². The lowest BCUT2D eigenvalue weighted by Crippen LogP contribution is -2.24. The van der Waals surface area contributed by atoms with E-state index in [9.17, 15) is 9.59 Å². The molecule has 0 bridgehead atoms. The van der Waals surface area contributed by atoms with Gasteiger partial charge in [-0.1, -0.05) is 0 Å². The van der Waals surface area contributed by atoms with Crippen molar-refractivity contribution >= 4 is 11.8 Å². The van der Waals surface area contributed by atoms with Crippen LogP contribution in [0.4, 0.5) is 0 Å². The molecule has 0 aliphatic carbocycles. The number of rotatable bonds is 8. The van der Waals surface area contributed by atoms with Crippen LogP contribution in [0.3, 0.4) is 0 Å². The van der Waals surface area contributed by atoms with Crippen LogP contribution in [0.25, 0.3) is 0 Å². The molecule has 0 aromatic heterocycles. The van der Waals surface area contributed by atoms with Crippen molar-refractivity contribution in [2.75, 3.05) is 20.8 Å². The van der Waals surface area contributed by atoms with Gasteiger partial charge in [-0.05, 0) is 50.2 Å². The fourth-order valence-electron chi connectivity index (χ4n) is 2.32. The maximum atomic E-state index is 12.5. The van der Waals surface area contributed by atoms with Crippen LogP contribution >= 0.6 is 0 Å². The summed E-state index contributed by atoms with van der Waals surface area (Å²) < 4.78 is 20.9. The topological polar surface area (TPSA) is 71.1 Å². The molecule has 0 saturated carbocycles. The first-order chi connectivity index (χ1) is 12.5. The Morgan fingerprint density at radius 3 is 1.96 bits per heavy atom. The fraction of sp³-hybridized carbons (Fsp3) is 0.300. The molecule has 1 atom stereocenters. The van der Waals surface area contributed by atoms with Gasteiger partial charge in [-0.3, -0.25) is 4.79 Å². The standard InChI is InChI=1S/C20H22O6/c1-5-25-16-8-6-14(7-9-16)19(21)13(2)26-20(22)15-10-17(23-3)12-18(11-15)24-4/h6-13H,5H2,1-4H3/t13-/m1/s1. The Hall–Kier alpha value is -3.02. The molecule has 6 heteroatoms. The lowest BCUT2D eigenvalue weighted by Gasteiger charge is -2.14. The fourth-order valence-corrected chi connectivity index (χ4v) is 2.32. The molecule has 0 radical (unpaired) electrons. The molecule has 0 unspecified atom stereocenters. The van der Waals surface area contributed by atoms with Gasteiger partial charge >= 0.3 is 5.97 Å². The molecule has 0 amide bonds. The van der Waals surface area contributed by atoms with E-state index in [1.54, 1.807) is 30.3 Å². The molecule has 26 heavy (non-hydrogen) atoms. The second-order valence-electron chi connectivity index (χ2n) is 5.47. The van der Waals surface area contributed by atoms with Crippen LogP contribution < -0.4 is 14.2 Å². The summed E-state index contributed by atoms with van der Waals surface area (Å²) in [6.07, 6.45) is -0.933. The highest BCUT2D eigenvalue weighted by atomic mass is 16.5. The lowest BCUT2D eigenvalue weighted by atomic mass is 10.1. The van der Waals surface area contributed by atoms with E-state index in [0.29, 0.717) is 29.4 Å². The van der Waals surface area contributed by atoms with E-state index in [-0.39, 0.29) is 11.3 Å². The van der Waals surface area contributed by atoms with Gasteiger partial charge in [-0.2, -0.15) is 0 Å². The highest BCUT2D eigenvalue weighted by molar-refractivity contribution is 6.01. The summed E-state index contributed by atoms with van der Waals surface area (Å²) >= 11 is 0. The number of Topliss-reactive ketones (excluding diaryl/α,β-unsaturated/α-hetero) is 1. The summed E-state index contributed by atoms with van der Waals surface area (Å²) in [6.45, 7) is 3.97. The summed E-state index contributed by atoms with van der Waals surface area (Å²) in [4.78, 5) is 24.8. The molecule has 2 aromatic rings. The second-order valence-corrected chi connectivity index (χ2v) is 5.47. The Morgan fingerprint density at radius 1 is 0.885 bits per heavy atom. The van der Waals surface area contributed by atoms with Gasteiger partial charge < -0.3 is 18.9 Å². The van der Waals surface area contributed by atoms with Crippen LogP contribution in [-0.4, -0.2) is 38.7 Å². The van der Waals surface area contributed by atoms with Crippen molar-refractivity contribution in [1.82, 2.24) is 0 Å². The number of benzene rings is 2. The third-order valence-electron chi connectivity index (χ3n) is 3.69. The number of esters is 1. The van der Waals surface area contributed by atoms with Crippen molar-refractivity contribution in [2.24, 2.45) is 0 Å². The number of methoxy groups -OCH3 is 2. The number of ether oxygens (including phenoxy) is 4. The molecule has 0 saturated heterocycles. The van der Waals surface area contributed by atoms with Gasteiger partial charge in [0.25, 0.3) is 0 Å². The summed E-state index contributed by atoms with van der Waals surface area (Å²) in [5, 5.41) is 0. The first kappa shape index (κ1) is 19.3. The summed E-state index contributed by atoms with van der Waals surface area (Å²) in [7, 11) is 2.98. The molecule has 0 heterocycles. The van der Waals surface area contributed by atoms with Crippen LogP contribution in [0, 0.1) is 0 Å². The molecular weight excluding hydrogens is 336 g/mol. The summed E-state index contributed by atoms with van der Waals surface area (Å²) in [5.74, 6) is 0.672. The van der Waals surface area contributed by atoms with Crippen LogP contribution in [0.15, 0.2) is 42.5 Å². The Morgan fingerprint density at radius 2 is 1.46 bits per heavy atom. The van der Waals surface area contributed by atoms with Gasteiger partial charge in [-0.15, -0.1) is 0 Å². The van der Waals surface area contributed by atoms with Crippen LogP contribution in [0.2, 0.25) is 0 Å². The van der Waals surface area contributed by atoms with Crippen molar-refractivity contribution in [1.29, 1.82) is 0 Å². The van der Waals surface area contributed by atoms with E-state index in [1.807, 2.05) is 6.92 Å². The van der Waals surface area contributed by atoms with Crippen molar-refractivity contribution in [2.45, 2.75) is 20.0 Å². The summed E-state index contributed by atoms with van der Waals surface area (Å²) in [6, 6.07) is 11.4. The van der Waals surface area contributed by atoms with Crippen molar-refractivity contribution < 1.29 is 28.5 Å². The zero-order chi connectivity index (χ0) is 19.1. The molecule has 0 spiro atoms. The zero-order valence-electron chi connectivity index (χ0n) is 15.3. The normalized spacial score (nSPS) is 11.4. The van der Waals surface area contributed by atoms with Crippen molar-refractivity contribution in [3.63, 3.8) is 0 Å². The van der Waals surface area contributed by atoms with Gasteiger partial charge in [-0.25, -0.2) is 4.79 Å². The van der Waals surface area contributed by atoms with Crippen LogP contribution in [0.5, 0.6) is 17.2 Å². The van der Waals surface area contributed by atoms with E-state index >= 15 is 0 Å². The minimum Gasteiger partial charge on any atom is -0.497 e. The molecule has 0 fully saturated rings. The van der Waals surface area contributed by atoms with Gasteiger partial charge in [0.15, 0.2) is 6.10 Å². The molecule has 138 valence electrons. The Bertz CT molecular complexity index is 744. The zero-order valence-corrected chi connectivity index (χ0v) is 15.3. The number of ketones is 1. The highest BCUT2D eigenvalue weighted by Gasteiger charge is 2.21. The monoisotopic (exact) mass is 358 g/mol. The first-order valence-electron chi connectivity index (χ1n) is 8.19. The predicted molar refractivity (Wildman–Crippen MR) is 96.4 cm³/mol. The van der Waals surface area contributed by atoms with E-state index < -0.39 is 12.1 Å². The van der Waals surface area contributed by atoms with E-state index in [4.69, 9.17) is 18.9 Å². The minimum absolute atomic E-state index is 0.243. The lowest BCUT2D eigenvalue weighted by molar-refractivity contribution is 0.0318. The average Bonchev–Trinajstić information content (AvgIpc) is 2.67. The highest BCUT2D eigenvalue weighted by Crippen LogP contribution is 2.23. The molecule has 2 aromatic carbocycles. The number of hydrogen-bond donors (Lipinski definition) is 0. The maximum absolute atomic E-state index is 12.5. The van der Waals surface area contributed by atoms with Crippen molar-refractivity contribution in [3.8, 4) is 17.2 Å². The third-order valence-corrected chi connectivity index (χ3v) is 3.69. The molecule has 0 aliphatic rings. The molecule has 6 nitrogen and oxygen atoms in total. The molecular formula is C20H22O6. The SMILES string of the molecule is CCOc1ccc(C(=O)[C@@H](C)OC(=O)c2cc(OC)cc(OC)c2)cc1. The number of carbonyl (C=O) groups is 2. The Balaban J connectivity index is 2.09. The predicted octanol–water partition coefficient (Wildman–Crippen LogP) is 3.53. The molecule has 2 rings (SSSR count). The van der Waals surface area contributed by atoms with E-state index in [2.05, 4.69) is 0 Å². The Kier molecular flexibility index (Phi) is 6.60. The maximum Gasteiger partial charge on any atom is 0.339 e. The van der Waals surface area contributed by atoms with Gasteiger partial charge in [0.2, 0.25) is 5.78 Å². The second kappa shape index (κ2) is 8.89. The average molecular weight is 358 g/mol. The smallest absolute Gasteiger partial charge is 0.339 e. The van der Waals surface area contributed by atoms with Crippen molar-refractivity contribution in [3.05, 3.63) is 53.6 Å². The minimum atomic E-state index is -0.933. The number of hydrogen-bond acceptors (Lipinski definition) is 6. The van der Waals surface area contributed by atoms with Gasteiger partial charge in [0, 0.05) is 11.6 Å². The molecule has 0 aliphatic heterocycles. The van der Waals surface area contributed by atoms with E-state index in [1.165, 1.54) is 33.3 Å². The quantitative estimate of drug-likeness (QED) is 0.531. The summed E-state index contributed by atoms with van der Waals surface area (Å²) in [5.41, 5.74) is 0.685. The molecule has 0 N–H and O–H groups in total. The largest absolute Gasteiger partial charge is 0.497 e. The third kappa shape index (κ3) is 4.75. The van der Waals surface area contributed by atoms with E-state index in [0.717, 1.165) is 0 Å². The first-order valence-corrected chi connectivity index (χ1v) is 8.19. The number of carbonyl (C=O) groups excluding carboxylic acids is 2.